The van der Waals surface area contributed by atoms with E-state index in [0.717, 1.165) is 11.6 Å². The van der Waals surface area contributed by atoms with Gasteiger partial charge in [0.1, 0.15) is 17.1 Å². The number of rotatable bonds is 4. The van der Waals surface area contributed by atoms with E-state index in [0.29, 0.717) is 10.8 Å². The van der Waals surface area contributed by atoms with E-state index in [9.17, 15) is 14.7 Å². The van der Waals surface area contributed by atoms with Gasteiger partial charge in [-0.25, -0.2) is 4.79 Å². The van der Waals surface area contributed by atoms with Gasteiger partial charge in [-0.2, -0.15) is 0 Å². The zero-order valence-electron chi connectivity index (χ0n) is 12.7. The number of carbonyl (C=O) groups is 2. The Bertz CT molecular complexity index is 946. The van der Waals surface area contributed by atoms with E-state index in [2.05, 4.69) is 5.32 Å². The topological polar surface area (TPSA) is 99.8 Å². The second-order valence-corrected chi connectivity index (χ2v) is 5.60. The summed E-state index contributed by atoms with van der Waals surface area (Å²) in [6.45, 7) is 0. The molecule has 0 bridgehead atoms. The van der Waals surface area contributed by atoms with Crippen molar-refractivity contribution in [3.05, 3.63) is 70.9 Å². The molecule has 0 saturated carbocycles. The van der Waals surface area contributed by atoms with Crippen LogP contribution in [0.25, 0.3) is 11.3 Å². The molecule has 0 atom stereocenters. The highest BCUT2D eigenvalue weighted by atomic mass is 35.5. The molecular weight excluding hydrogens is 346 g/mol. The average Bonchev–Trinajstić information content (AvgIpc) is 3.05. The maximum Gasteiger partial charge on any atom is 0.339 e. The lowest BCUT2D eigenvalue weighted by Crippen LogP contribution is -2.11. The Morgan fingerprint density at radius 2 is 1.72 bits per heavy atom. The number of benzene rings is 2. The molecule has 1 aromatic heterocycles. The van der Waals surface area contributed by atoms with Crippen molar-refractivity contribution in [3.63, 3.8) is 0 Å². The molecule has 0 radical (unpaired) electrons. The number of aromatic hydroxyl groups is 1. The molecule has 0 aliphatic heterocycles. The van der Waals surface area contributed by atoms with Crippen LogP contribution in [0.3, 0.4) is 0 Å². The summed E-state index contributed by atoms with van der Waals surface area (Å²) >= 11 is 5.84. The molecule has 0 spiro atoms. The number of hydrogen-bond acceptors (Lipinski definition) is 4. The summed E-state index contributed by atoms with van der Waals surface area (Å²) in [5.74, 6) is -1.64. The standard InChI is InChI=1S/C18H12ClNO5/c19-11-3-1-10(2-4-11)15-7-8-16(25-15)17(22)20-12-5-6-13(18(23)24)14(21)9-12/h1-9,21H,(H,20,22)(H,23,24). The van der Waals surface area contributed by atoms with E-state index in [1.165, 1.54) is 18.2 Å². The smallest absolute Gasteiger partial charge is 0.339 e. The second kappa shape index (κ2) is 6.70. The van der Waals surface area contributed by atoms with Crippen molar-refractivity contribution in [1.29, 1.82) is 0 Å². The van der Waals surface area contributed by atoms with Crippen LogP contribution in [-0.4, -0.2) is 22.1 Å². The van der Waals surface area contributed by atoms with Gasteiger partial charge in [-0.3, -0.25) is 4.79 Å². The van der Waals surface area contributed by atoms with Gasteiger partial charge >= 0.3 is 5.97 Å². The second-order valence-electron chi connectivity index (χ2n) is 5.16. The van der Waals surface area contributed by atoms with Crippen molar-refractivity contribution in [1.82, 2.24) is 0 Å². The summed E-state index contributed by atoms with van der Waals surface area (Å²) < 4.78 is 5.52. The largest absolute Gasteiger partial charge is 0.507 e. The predicted octanol–water partition coefficient (Wildman–Crippen LogP) is 4.26. The molecule has 126 valence electrons. The highest BCUT2D eigenvalue weighted by molar-refractivity contribution is 6.30. The molecule has 3 aromatic rings. The molecule has 0 unspecified atom stereocenters. The van der Waals surface area contributed by atoms with E-state index in [4.69, 9.17) is 21.1 Å². The normalized spacial score (nSPS) is 10.4. The summed E-state index contributed by atoms with van der Waals surface area (Å²) in [6, 6.07) is 13.9. The Balaban J connectivity index is 1.77. The van der Waals surface area contributed by atoms with Crippen LogP contribution in [0.2, 0.25) is 5.02 Å². The van der Waals surface area contributed by atoms with Gasteiger partial charge in [0, 0.05) is 22.3 Å². The van der Waals surface area contributed by atoms with Crippen molar-refractivity contribution >= 4 is 29.2 Å². The van der Waals surface area contributed by atoms with Crippen molar-refractivity contribution in [2.24, 2.45) is 0 Å². The summed E-state index contributed by atoms with van der Waals surface area (Å²) in [4.78, 5) is 23.1. The fraction of sp³-hybridized carbons (Fsp3) is 0. The summed E-state index contributed by atoms with van der Waals surface area (Å²) in [5, 5.41) is 21.7. The van der Waals surface area contributed by atoms with E-state index in [1.54, 1.807) is 30.3 Å². The highest BCUT2D eigenvalue weighted by Crippen LogP contribution is 2.25. The lowest BCUT2D eigenvalue weighted by atomic mass is 10.2. The molecule has 6 nitrogen and oxygen atoms in total. The van der Waals surface area contributed by atoms with Crippen LogP contribution < -0.4 is 5.32 Å². The molecule has 3 rings (SSSR count). The first kappa shape index (κ1) is 16.6. The minimum Gasteiger partial charge on any atom is -0.507 e. The monoisotopic (exact) mass is 357 g/mol. The van der Waals surface area contributed by atoms with E-state index in [-0.39, 0.29) is 17.0 Å². The number of nitrogens with one attached hydrogen (secondary N) is 1. The number of halogens is 1. The molecule has 0 saturated heterocycles. The van der Waals surface area contributed by atoms with Gasteiger partial charge in [-0.1, -0.05) is 11.6 Å². The average molecular weight is 358 g/mol. The number of aromatic carboxylic acids is 1. The summed E-state index contributed by atoms with van der Waals surface area (Å²) in [6.07, 6.45) is 0. The highest BCUT2D eigenvalue weighted by Gasteiger charge is 2.15. The Hall–Kier alpha value is -3.25. The molecular formula is C18H12ClNO5. The first-order valence-corrected chi connectivity index (χ1v) is 7.55. The number of amides is 1. The van der Waals surface area contributed by atoms with Gasteiger partial charge in [0.05, 0.1) is 0 Å². The lowest BCUT2D eigenvalue weighted by Gasteiger charge is -2.05. The minimum absolute atomic E-state index is 0.0757. The molecule has 0 aliphatic rings. The van der Waals surface area contributed by atoms with Crippen LogP contribution in [0.15, 0.2) is 59.0 Å². The van der Waals surface area contributed by atoms with Gasteiger partial charge in [-0.15, -0.1) is 0 Å². The number of carbonyl (C=O) groups excluding carboxylic acids is 1. The Morgan fingerprint density at radius 1 is 1.00 bits per heavy atom. The number of carboxylic acids is 1. The van der Waals surface area contributed by atoms with Crippen molar-refractivity contribution in [2.75, 3.05) is 5.32 Å². The molecule has 2 aromatic carbocycles. The lowest BCUT2D eigenvalue weighted by molar-refractivity contribution is 0.0693. The summed E-state index contributed by atoms with van der Waals surface area (Å²) in [5.41, 5.74) is 0.768. The third-order valence-corrected chi connectivity index (χ3v) is 3.70. The van der Waals surface area contributed by atoms with Gasteiger partial charge in [0.15, 0.2) is 5.76 Å². The first-order chi connectivity index (χ1) is 11.9. The maximum atomic E-state index is 12.2. The maximum absolute atomic E-state index is 12.2. The molecule has 1 heterocycles. The minimum atomic E-state index is -1.26. The SMILES string of the molecule is O=C(Nc1ccc(C(=O)O)c(O)c1)c1ccc(-c2ccc(Cl)cc2)o1. The molecule has 7 heteroatoms. The predicted molar refractivity (Wildman–Crippen MR) is 92.2 cm³/mol. The Morgan fingerprint density at radius 3 is 2.36 bits per heavy atom. The van der Waals surface area contributed by atoms with Crippen LogP contribution in [-0.2, 0) is 0 Å². The first-order valence-electron chi connectivity index (χ1n) is 7.17. The van der Waals surface area contributed by atoms with Gasteiger partial charge < -0.3 is 19.9 Å². The third-order valence-electron chi connectivity index (χ3n) is 3.44. The van der Waals surface area contributed by atoms with Crippen LogP contribution in [0.5, 0.6) is 5.75 Å². The Kier molecular flexibility index (Phi) is 4.45. The van der Waals surface area contributed by atoms with Crippen LogP contribution in [0.4, 0.5) is 5.69 Å². The zero-order valence-corrected chi connectivity index (χ0v) is 13.4. The van der Waals surface area contributed by atoms with Crippen molar-refractivity contribution < 1.29 is 24.2 Å². The van der Waals surface area contributed by atoms with Gasteiger partial charge in [-0.05, 0) is 48.5 Å². The van der Waals surface area contributed by atoms with E-state index < -0.39 is 17.6 Å². The molecule has 3 N–H and O–H groups in total. The Labute approximate surface area is 147 Å². The number of furan rings is 1. The fourth-order valence-corrected chi connectivity index (χ4v) is 2.34. The number of phenols is 1. The van der Waals surface area contributed by atoms with Gasteiger partial charge in [0.2, 0.25) is 0 Å². The van der Waals surface area contributed by atoms with Crippen molar-refractivity contribution in [2.45, 2.75) is 0 Å². The third kappa shape index (κ3) is 3.64. The number of carboxylic acid groups (broad SMARTS) is 1. The number of anilines is 1. The van der Waals surface area contributed by atoms with Crippen LogP contribution >= 0.6 is 11.6 Å². The van der Waals surface area contributed by atoms with Crippen molar-refractivity contribution in [3.8, 4) is 17.1 Å². The molecule has 25 heavy (non-hydrogen) atoms. The summed E-state index contributed by atoms with van der Waals surface area (Å²) in [7, 11) is 0. The molecule has 0 fully saturated rings. The van der Waals surface area contributed by atoms with E-state index >= 15 is 0 Å². The van der Waals surface area contributed by atoms with Gasteiger partial charge in [0.25, 0.3) is 5.91 Å². The van der Waals surface area contributed by atoms with Crippen LogP contribution in [0.1, 0.15) is 20.9 Å². The number of hydrogen-bond donors (Lipinski definition) is 3. The quantitative estimate of drug-likeness (QED) is 0.648. The van der Waals surface area contributed by atoms with Crippen LogP contribution in [0, 0.1) is 0 Å². The fourth-order valence-electron chi connectivity index (χ4n) is 2.21. The molecule has 1 amide bonds. The molecule has 0 aliphatic carbocycles. The zero-order chi connectivity index (χ0) is 18.0. The van der Waals surface area contributed by atoms with E-state index in [1.807, 2.05) is 0 Å².